The smallest absolute Gasteiger partial charge is 0.124 e. The predicted molar refractivity (Wildman–Crippen MR) is 66.3 cm³/mol. The lowest BCUT2D eigenvalue weighted by Crippen LogP contribution is -2.02. The van der Waals surface area contributed by atoms with E-state index in [0.717, 1.165) is 17.5 Å². The van der Waals surface area contributed by atoms with Gasteiger partial charge in [-0.25, -0.2) is 4.39 Å². The molecule has 0 fully saturated rings. The molecule has 0 bridgehead atoms. The zero-order valence-electron chi connectivity index (χ0n) is 9.36. The molecule has 2 aromatic carbocycles. The number of phenolic OH excluding ortho intramolecular Hbond substituents is 1. The van der Waals surface area contributed by atoms with Crippen molar-refractivity contribution in [1.29, 1.82) is 0 Å². The molecule has 3 heteroatoms. The van der Waals surface area contributed by atoms with Crippen LogP contribution < -0.4 is 5.73 Å². The summed E-state index contributed by atoms with van der Waals surface area (Å²) in [4.78, 5) is 0. The summed E-state index contributed by atoms with van der Waals surface area (Å²) in [5, 5.41) is 9.72. The van der Waals surface area contributed by atoms with E-state index in [4.69, 9.17) is 5.73 Å². The van der Waals surface area contributed by atoms with Gasteiger partial charge < -0.3 is 10.8 Å². The molecule has 2 nitrogen and oxygen atoms in total. The molecule has 0 aromatic heterocycles. The van der Waals surface area contributed by atoms with Crippen molar-refractivity contribution in [2.24, 2.45) is 5.73 Å². The van der Waals surface area contributed by atoms with E-state index in [9.17, 15) is 9.50 Å². The quantitative estimate of drug-likeness (QED) is 0.853. The normalized spacial score (nSPS) is 10.5. The second-order valence-electron chi connectivity index (χ2n) is 3.90. The Hall–Kier alpha value is -1.87. The Bertz CT molecular complexity index is 525. The summed E-state index contributed by atoms with van der Waals surface area (Å²) in [6.45, 7) is 0.568. The van der Waals surface area contributed by atoms with Crippen molar-refractivity contribution in [2.45, 2.75) is 6.42 Å². The predicted octanol–water partition coefficient (Wildman–Crippen LogP) is 2.70. The van der Waals surface area contributed by atoms with Crippen LogP contribution >= 0.6 is 0 Å². The number of halogens is 1. The first kappa shape index (κ1) is 11.6. The Morgan fingerprint density at radius 2 is 1.94 bits per heavy atom. The summed E-state index contributed by atoms with van der Waals surface area (Å²) in [5.41, 5.74) is 7.87. The maximum Gasteiger partial charge on any atom is 0.124 e. The molecule has 0 radical (unpaired) electrons. The monoisotopic (exact) mass is 231 g/mol. The van der Waals surface area contributed by atoms with Crippen molar-refractivity contribution in [1.82, 2.24) is 0 Å². The molecule has 2 rings (SSSR count). The average molecular weight is 231 g/mol. The zero-order chi connectivity index (χ0) is 12.3. The zero-order valence-corrected chi connectivity index (χ0v) is 9.36. The molecule has 0 aliphatic rings. The van der Waals surface area contributed by atoms with Crippen LogP contribution in [0.25, 0.3) is 11.1 Å². The Kier molecular flexibility index (Phi) is 3.40. The summed E-state index contributed by atoms with van der Waals surface area (Å²) < 4.78 is 13.2. The van der Waals surface area contributed by atoms with E-state index >= 15 is 0 Å². The number of hydrogen-bond acceptors (Lipinski definition) is 2. The summed E-state index contributed by atoms with van der Waals surface area (Å²) >= 11 is 0. The third-order valence-electron chi connectivity index (χ3n) is 2.63. The minimum atomic E-state index is -0.359. The minimum Gasteiger partial charge on any atom is -0.507 e. The van der Waals surface area contributed by atoms with Gasteiger partial charge in [-0.3, -0.25) is 0 Å². The molecule has 3 N–H and O–H groups in total. The van der Waals surface area contributed by atoms with Gasteiger partial charge in [-0.05, 0) is 42.3 Å². The fourth-order valence-corrected chi connectivity index (χ4v) is 1.80. The Morgan fingerprint density at radius 1 is 1.12 bits per heavy atom. The summed E-state index contributed by atoms with van der Waals surface area (Å²) in [6.07, 6.45) is 0.768. The van der Waals surface area contributed by atoms with Crippen LogP contribution in [0.1, 0.15) is 5.56 Å². The van der Waals surface area contributed by atoms with Gasteiger partial charge in [-0.2, -0.15) is 0 Å². The first-order valence-electron chi connectivity index (χ1n) is 5.48. The van der Waals surface area contributed by atoms with Crippen molar-refractivity contribution in [3.05, 3.63) is 53.8 Å². The van der Waals surface area contributed by atoms with Crippen LogP contribution in [0.3, 0.4) is 0 Å². The second-order valence-corrected chi connectivity index (χ2v) is 3.90. The Labute approximate surface area is 99.5 Å². The maximum atomic E-state index is 13.2. The van der Waals surface area contributed by atoms with Crippen LogP contribution in [0.4, 0.5) is 4.39 Å². The highest BCUT2D eigenvalue weighted by molar-refractivity contribution is 5.70. The van der Waals surface area contributed by atoms with Gasteiger partial charge in [0, 0.05) is 5.56 Å². The van der Waals surface area contributed by atoms with Gasteiger partial charge in [0.2, 0.25) is 0 Å². The number of nitrogens with two attached hydrogens (primary N) is 1. The third-order valence-corrected chi connectivity index (χ3v) is 2.63. The highest BCUT2D eigenvalue weighted by Gasteiger charge is 2.06. The van der Waals surface area contributed by atoms with Crippen molar-refractivity contribution in [3.63, 3.8) is 0 Å². The summed E-state index contributed by atoms with van der Waals surface area (Å²) in [7, 11) is 0. The number of aromatic hydroxyl groups is 1. The molecule has 0 amide bonds. The van der Waals surface area contributed by atoms with E-state index in [1.807, 2.05) is 24.3 Å². The SMILES string of the molecule is NCCc1cccc(-c2cc(F)ccc2O)c1. The molecule has 0 saturated carbocycles. The van der Waals surface area contributed by atoms with Crippen LogP contribution in [0, 0.1) is 5.82 Å². The molecule has 0 spiro atoms. The standard InChI is InChI=1S/C14H14FNO/c15-12-4-5-14(17)13(9-12)11-3-1-2-10(8-11)6-7-16/h1-5,8-9,17H,6-7,16H2. The summed E-state index contributed by atoms with van der Waals surface area (Å²) in [5.74, 6) is -0.279. The van der Waals surface area contributed by atoms with Crippen molar-refractivity contribution in [2.75, 3.05) is 6.54 Å². The fraction of sp³-hybridized carbons (Fsp3) is 0.143. The van der Waals surface area contributed by atoms with Gasteiger partial charge in [0.05, 0.1) is 0 Å². The summed E-state index contributed by atoms with van der Waals surface area (Å²) in [6, 6.07) is 11.5. The molecule has 0 atom stereocenters. The average Bonchev–Trinajstić information content (AvgIpc) is 2.33. The molecular formula is C14H14FNO. The van der Waals surface area contributed by atoms with E-state index in [2.05, 4.69) is 0 Å². The van der Waals surface area contributed by atoms with E-state index < -0.39 is 0 Å². The molecule has 17 heavy (non-hydrogen) atoms. The first-order chi connectivity index (χ1) is 8.20. The number of phenols is 1. The third kappa shape index (κ3) is 2.63. The van der Waals surface area contributed by atoms with Gasteiger partial charge in [-0.1, -0.05) is 24.3 Å². The van der Waals surface area contributed by atoms with E-state index in [1.54, 1.807) is 0 Å². The van der Waals surface area contributed by atoms with Crippen molar-refractivity contribution < 1.29 is 9.50 Å². The minimum absolute atomic E-state index is 0.0799. The first-order valence-corrected chi connectivity index (χ1v) is 5.48. The van der Waals surface area contributed by atoms with Crippen LogP contribution in [0.5, 0.6) is 5.75 Å². The molecule has 0 heterocycles. The van der Waals surface area contributed by atoms with Crippen molar-refractivity contribution in [3.8, 4) is 16.9 Å². The second kappa shape index (κ2) is 4.97. The number of rotatable bonds is 3. The van der Waals surface area contributed by atoms with Gasteiger partial charge in [0.25, 0.3) is 0 Å². The lowest BCUT2D eigenvalue weighted by atomic mass is 10.0. The molecule has 0 unspecified atom stereocenters. The maximum absolute atomic E-state index is 13.2. The van der Waals surface area contributed by atoms with Crippen LogP contribution in [-0.4, -0.2) is 11.7 Å². The largest absolute Gasteiger partial charge is 0.507 e. The van der Waals surface area contributed by atoms with Crippen LogP contribution in [0.2, 0.25) is 0 Å². The van der Waals surface area contributed by atoms with E-state index in [-0.39, 0.29) is 11.6 Å². The lowest BCUT2D eigenvalue weighted by molar-refractivity contribution is 0.475. The molecule has 0 aliphatic heterocycles. The molecule has 0 saturated heterocycles. The molecule has 88 valence electrons. The van der Waals surface area contributed by atoms with E-state index in [1.165, 1.54) is 18.2 Å². The molecule has 0 aliphatic carbocycles. The lowest BCUT2D eigenvalue weighted by Gasteiger charge is -2.07. The number of hydrogen-bond donors (Lipinski definition) is 2. The fourth-order valence-electron chi connectivity index (χ4n) is 1.80. The molecule has 2 aromatic rings. The topological polar surface area (TPSA) is 46.2 Å². The van der Waals surface area contributed by atoms with Crippen molar-refractivity contribution >= 4 is 0 Å². The highest BCUT2D eigenvalue weighted by atomic mass is 19.1. The van der Waals surface area contributed by atoms with Crippen LogP contribution in [-0.2, 0) is 6.42 Å². The Balaban J connectivity index is 2.45. The highest BCUT2D eigenvalue weighted by Crippen LogP contribution is 2.30. The number of benzene rings is 2. The van der Waals surface area contributed by atoms with Gasteiger partial charge in [-0.15, -0.1) is 0 Å². The molecular weight excluding hydrogens is 217 g/mol. The van der Waals surface area contributed by atoms with Gasteiger partial charge >= 0.3 is 0 Å². The van der Waals surface area contributed by atoms with E-state index in [0.29, 0.717) is 12.1 Å². The van der Waals surface area contributed by atoms with Crippen LogP contribution in [0.15, 0.2) is 42.5 Å². The Morgan fingerprint density at radius 3 is 2.71 bits per heavy atom. The van der Waals surface area contributed by atoms with Gasteiger partial charge in [0.15, 0.2) is 0 Å². The van der Waals surface area contributed by atoms with Gasteiger partial charge in [0.1, 0.15) is 11.6 Å².